The maximum absolute atomic E-state index is 5.98. The molecule has 1 heteroatoms. The molecule has 0 fully saturated rings. The minimum Gasteiger partial charge on any atom is -0.327 e. The Hall–Kier alpha value is -0.820. The number of benzene rings is 1. The summed E-state index contributed by atoms with van der Waals surface area (Å²) in [6.07, 6.45) is 2.14. The molecule has 0 aliphatic heterocycles. The lowest BCUT2D eigenvalue weighted by atomic mass is 9.95. The fourth-order valence-corrected chi connectivity index (χ4v) is 2.34. The summed E-state index contributed by atoms with van der Waals surface area (Å²) in [5, 5.41) is 0. The Labute approximate surface area is 86.3 Å². The molecule has 2 N–H and O–H groups in total. The zero-order valence-electron chi connectivity index (χ0n) is 9.30. The van der Waals surface area contributed by atoms with Crippen LogP contribution in [0.4, 0.5) is 0 Å². The predicted molar refractivity (Wildman–Crippen MR) is 60.7 cm³/mol. The maximum atomic E-state index is 5.98. The van der Waals surface area contributed by atoms with Crippen molar-refractivity contribution in [1.29, 1.82) is 0 Å². The molecule has 0 radical (unpaired) electrons. The van der Waals surface area contributed by atoms with Crippen LogP contribution in [-0.2, 0) is 12.8 Å². The van der Waals surface area contributed by atoms with Gasteiger partial charge in [0.25, 0.3) is 0 Å². The SMILES string of the molecule is Cc1cc(C(C)C)cc2c1CC(N)C2. The fourth-order valence-electron chi connectivity index (χ4n) is 2.34. The number of fused-ring (bicyclic) bond motifs is 1. The van der Waals surface area contributed by atoms with Crippen LogP contribution in [0.15, 0.2) is 12.1 Å². The van der Waals surface area contributed by atoms with Gasteiger partial charge in [0.15, 0.2) is 0 Å². The minimum absolute atomic E-state index is 0.353. The summed E-state index contributed by atoms with van der Waals surface area (Å²) in [6, 6.07) is 5.02. The molecule has 14 heavy (non-hydrogen) atoms. The molecule has 2 rings (SSSR count). The van der Waals surface area contributed by atoms with Gasteiger partial charge in [-0.3, -0.25) is 0 Å². The largest absolute Gasteiger partial charge is 0.327 e. The zero-order chi connectivity index (χ0) is 10.3. The van der Waals surface area contributed by atoms with Crippen molar-refractivity contribution in [2.45, 2.75) is 45.6 Å². The van der Waals surface area contributed by atoms with E-state index >= 15 is 0 Å². The molecule has 0 saturated carbocycles. The number of aryl methyl sites for hydroxylation is 1. The van der Waals surface area contributed by atoms with Gasteiger partial charge in [0.1, 0.15) is 0 Å². The Morgan fingerprint density at radius 2 is 2.00 bits per heavy atom. The lowest BCUT2D eigenvalue weighted by Gasteiger charge is -2.10. The Morgan fingerprint density at radius 3 is 2.64 bits per heavy atom. The highest BCUT2D eigenvalue weighted by Crippen LogP contribution is 2.28. The fraction of sp³-hybridized carbons (Fsp3) is 0.538. The van der Waals surface area contributed by atoms with Crippen molar-refractivity contribution in [3.63, 3.8) is 0 Å². The lowest BCUT2D eigenvalue weighted by molar-refractivity contribution is 0.720. The predicted octanol–water partition coefficient (Wildman–Crippen LogP) is 2.54. The Kier molecular flexibility index (Phi) is 2.36. The summed E-state index contributed by atoms with van der Waals surface area (Å²) < 4.78 is 0. The van der Waals surface area contributed by atoms with E-state index in [9.17, 15) is 0 Å². The first kappa shape index (κ1) is 9.72. The van der Waals surface area contributed by atoms with Gasteiger partial charge in [-0.25, -0.2) is 0 Å². The molecule has 0 heterocycles. The van der Waals surface area contributed by atoms with Crippen LogP contribution in [0.2, 0.25) is 0 Å². The van der Waals surface area contributed by atoms with Crippen LogP contribution in [0.1, 0.15) is 42.0 Å². The van der Waals surface area contributed by atoms with Gasteiger partial charge in [-0.2, -0.15) is 0 Å². The van der Waals surface area contributed by atoms with E-state index in [0.29, 0.717) is 12.0 Å². The smallest absolute Gasteiger partial charge is 0.0120 e. The van der Waals surface area contributed by atoms with Crippen molar-refractivity contribution in [3.8, 4) is 0 Å². The average molecular weight is 189 g/mol. The summed E-state index contributed by atoms with van der Waals surface area (Å²) in [4.78, 5) is 0. The molecular weight excluding hydrogens is 170 g/mol. The van der Waals surface area contributed by atoms with E-state index in [4.69, 9.17) is 5.73 Å². The van der Waals surface area contributed by atoms with Crippen LogP contribution >= 0.6 is 0 Å². The van der Waals surface area contributed by atoms with E-state index in [0.717, 1.165) is 12.8 Å². The van der Waals surface area contributed by atoms with Crippen LogP contribution in [0.3, 0.4) is 0 Å². The third kappa shape index (κ3) is 1.57. The molecular formula is C13H19N. The first-order valence-electron chi connectivity index (χ1n) is 5.46. The second kappa shape index (κ2) is 3.39. The van der Waals surface area contributed by atoms with E-state index in [1.165, 1.54) is 22.3 Å². The lowest BCUT2D eigenvalue weighted by Crippen LogP contribution is -2.19. The molecule has 1 aromatic rings. The van der Waals surface area contributed by atoms with Gasteiger partial charge in [0.2, 0.25) is 0 Å². The number of rotatable bonds is 1. The van der Waals surface area contributed by atoms with Crippen molar-refractivity contribution < 1.29 is 0 Å². The molecule has 1 nitrogen and oxygen atoms in total. The highest BCUT2D eigenvalue weighted by molar-refractivity contribution is 5.43. The normalized spacial score (nSPS) is 20.2. The summed E-state index contributed by atoms with van der Waals surface area (Å²) in [5.41, 5.74) is 11.9. The summed E-state index contributed by atoms with van der Waals surface area (Å²) >= 11 is 0. The molecule has 1 atom stereocenters. The van der Waals surface area contributed by atoms with E-state index in [1.54, 1.807) is 0 Å². The van der Waals surface area contributed by atoms with E-state index < -0.39 is 0 Å². The Bertz CT molecular complexity index is 352. The molecule has 0 amide bonds. The zero-order valence-corrected chi connectivity index (χ0v) is 9.30. The van der Waals surface area contributed by atoms with Gasteiger partial charge in [-0.15, -0.1) is 0 Å². The van der Waals surface area contributed by atoms with Crippen molar-refractivity contribution >= 4 is 0 Å². The van der Waals surface area contributed by atoms with Crippen molar-refractivity contribution in [1.82, 2.24) is 0 Å². The van der Waals surface area contributed by atoms with Gasteiger partial charge in [-0.05, 0) is 47.9 Å². The summed E-state index contributed by atoms with van der Waals surface area (Å²) in [6.45, 7) is 6.70. The van der Waals surface area contributed by atoms with Crippen LogP contribution in [0.5, 0.6) is 0 Å². The van der Waals surface area contributed by atoms with Crippen molar-refractivity contribution in [2.75, 3.05) is 0 Å². The quantitative estimate of drug-likeness (QED) is 0.722. The van der Waals surface area contributed by atoms with Gasteiger partial charge >= 0.3 is 0 Å². The summed E-state index contributed by atoms with van der Waals surface area (Å²) in [5.74, 6) is 0.621. The summed E-state index contributed by atoms with van der Waals surface area (Å²) in [7, 11) is 0. The average Bonchev–Trinajstić information content (AvgIpc) is 2.45. The topological polar surface area (TPSA) is 26.0 Å². The van der Waals surface area contributed by atoms with Gasteiger partial charge in [0, 0.05) is 6.04 Å². The van der Waals surface area contributed by atoms with Crippen LogP contribution in [0.25, 0.3) is 0 Å². The third-order valence-electron chi connectivity index (χ3n) is 3.20. The highest BCUT2D eigenvalue weighted by atomic mass is 14.6. The number of hydrogen-bond donors (Lipinski definition) is 1. The number of nitrogens with two attached hydrogens (primary N) is 1. The first-order chi connectivity index (χ1) is 6.58. The van der Waals surface area contributed by atoms with Crippen LogP contribution in [-0.4, -0.2) is 6.04 Å². The Balaban J connectivity index is 2.46. The molecule has 76 valence electrons. The molecule has 0 bridgehead atoms. The highest BCUT2D eigenvalue weighted by Gasteiger charge is 2.20. The van der Waals surface area contributed by atoms with E-state index in [1.807, 2.05) is 0 Å². The third-order valence-corrected chi connectivity index (χ3v) is 3.20. The molecule has 1 unspecified atom stereocenters. The number of hydrogen-bond acceptors (Lipinski definition) is 1. The van der Waals surface area contributed by atoms with Crippen molar-refractivity contribution in [3.05, 3.63) is 34.4 Å². The molecule has 1 aliphatic carbocycles. The van der Waals surface area contributed by atoms with E-state index in [2.05, 4.69) is 32.9 Å². The van der Waals surface area contributed by atoms with E-state index in [-0.39, 0.29) is 0 Å². The first-order valence-corrected chi connectivity index (χ1v) is 5.46. The molecule has 0 aromatic heterocycles. The molecule has 1 aliphatic rings. The standard InChI is InChI=1S/C13H19N/c1-8(2)10-4-9(3)13-7-12(14)6-11(13)5-10/h4-5,8,12H,6-7,14H2,1-3H3. The second-order valence-corrected chi connectivity index (χ2v) is 4.80. The van der Waals surface area contributed by atoms with Crippen molar-refractivity contribution in [2.24, 2.45) is 5.73 Å². The minimum atomic E-state index is 0.353. The van der Waals surface area contributed by atoms with Gasteiger partial charge in [0.05, 0.1) is 0 Å². The molecule has 0 spiro atoms. The monoisotopic (exact) mass is 189 g/mol. The molecule has 1 aromatic carbocycles. The maximum Gasteiger partial charge on any atom is 0.0120 e. The second-order valence-electron chi connectivity index (χ2n) is 4.80. The van der Waals surface area contributed by atoms with Gasteiger partial charge in [-0.1, -0.05) is 26.0 Å². The van der Waals surface area contributed by atoms with Crippen LogP contribution in [0, 0.1) is 6.92 Å². The van der Waals surface area contributed by atoms with Gasteiger partial charge < -0.3 is 5.73 Å². The molecule has 0 saturated heterocycles. The van der Waals surface area contributed by atoms with Crippen LogP contribution < -0.4 is 5.73 Å². The Morgan fingerprint density at radius 1 is 1.29 bits per heavy atom.